The van der Waals surface area contributed by atoms with Crippen LogP contribution in [0, 0.1) is 0 Å². The number of ether oxygens (including phenoxy) is 1. The molecule has 0 aliphatic heterocycles. The molecular formula is C23H23Cl2N4O6P. The molecule has 0 saturated heterocycles. The van der Waals surface area contributed by atoms with Crippen molar-refractivity contribution in [2.75, 3.05) is 13.2 Å². The number of hydrogen-bond acceptors (Lipinski definition) is 6. The SMILES string of the molecule is CC(C)c1nn(-c2c(Cl)cccc2Cl)c2nc(Cc3ccc(OCCOP(=O)(O)O)cc3)[nH]c(=O)c12. The third-order valence-corrected chi connectivity index (χ3v) is 6.35. The lowest BCUT2D eigenvalue weighted by Crippen LogP contribution is -2.14. The van der Waals surface area contributed by atoms with Gasteiger partial charge in [-0.25, -0.2) is 14.2 Å². The maximum atomic E-state index is 13.1. The van der Waals surface area contributed by atoms with Gasteiger partial charge in [0.2, 0.25) is 0 Å². The van der Waals surface area contributed by atoms with E-state index in [9.17, 15) is 9.36 Å². The average molecular weight is 553 g/mol. The number of halogens is 2. The second kappa shape index (κ2) is 10.7. The molecule has 0 bridgehead atoms. The predicted octanol–water partition coefficient (Wildman–Crippen LogP) is 4.62. The number of nitrogens with zero attached hydrogens (tertiary/aromatic N) is 3. The molecular weight excluding hydrogens is 530 g/mol. The summed E-state index contributed by atoms with van der Waals surface area (Å²) in [4.78, 5) is 38.1. The van der Waals surface area contributed by atoms with Gasteiger partial charge in [-0.2, -0.15) is 5.10 Å². The van der Waals surface area contributed by atoms with Gasteiger partial charge in [-0.05, 0) is 35.7 Å². The van der Waals surface area contributed by atoms with Crippen LogP contribution in [0.4, 0.5) is 0 Å². The lowest BCUT2D eigenvalue weighted by Gasteiger charge is -2.09. The van der Waals surface area contributed by atoms with Gasteiger partial charge < -0.3 is 19.5 Å². The highest BCUT2D eigenvalue weighted by molar-refractivity contribution is 7.46. The predicted molar refractivity (Wildman–Crippen MR) is 136 cm³/mol. The van der Waals surface area contributed by atoms with Crippen molar-refractivity contribution in [2.45, 2.75) is 26.2 Å². The van der Waals surface area contributed by atoms with E-state index in [4.69, 9.17) is 42.7 Å². The summed E-state index contributed by atoms with van der Waals surface area (Å²) in [6, 6.07) is 12.1. The molecule has 0 fully saturated rings. The second-order valence-electron chi connectivity index (χ2n) is 8.23. The van der Waals surface area contributed by atoms with Crippen LogP contribution in [0.5, 0.6) is 5.75 Å². The maximum Gasteiger partial charge on any atom is 0.469 e. The molecule has 0 spiro atoms. The van der Waals surface area contributed by atoms with Crippen LogP contribution in [0.15, 0.2) is 47.3 Å². The minimum Gasteiger partial charge on any atom is -0.491 e. The number of aromatic amines is 1. The quantitative estimate of drug-likeness (QED) is 0.202. The van der Waals surface area contributed by atoms with Crippen molar-refractivity contribution < 1.29 is 23.6 Å². The molecule has 0 saturated carbocycles. The summed E-state index contributed by atoms with van der Waals surface area (Å²) < 4.78 is 22.0. The van der Waals surface area contributed by atoms with Crippen molar-refractivity contribution in [1.82, 2.24) is 19.7 Å². The van der Waals surface area contributed by atoms with E-state index in [-0.39, 0.29) is 24.7 Å². The maximum absolute atomic E-state index is 13.1. The Bertz CT molecular complexity index is 1480. The normalized spacial score (nSPS) is 12.0. The first kappa shape index (κ1) is 26.3. The van der Waals surface area contributed by atoms with E-state index in [0.29, 0.717) is 50.5 Å². The molecule has 4 rings (SSSR count). The van der Waals surface area contributed by atoms with Gasteiger partial charge in [0.1, 0.15) is 29.3 Å². The minimum atomic E-state index is -4.53. The van der Waals surface area contributed by atoms with E-state index >= 15 is 0 Å². The van der Waals surface area contributed by atoms with Crippen LogP contribution in [0.25, 0.3) is 16.7 Å². The number of fused-ring (bicyclic) bond motifs is 1. The van der Waals surface area contributed by atoms with Crippen LogP contribution in [-0.4, -0.2) is 42.7 Å². The van der Waals surface area contributed by atoms with Gasteiger partial charge in [0.15, 0.2) is 5.65 Å². The fraction of sp³-hybridized carbons (Fsp3) is 0.261. The number of phosphoric ester groups is 1. The third-order valence-electron chi connectivity index (χ3n) is 5.22. The topological polar surface area (TPSA) is 140 Å². The molecule has 0 aliphatic carbocycles. The van der Waals surface area contributed by atoms with Gasteiger partial charge >= 0.3 is 7.82 Å². The Morgan fingerprint density at radius 2 is 1.75 bits per heavy atom. The zero-order valence-electron chi connectivity index (χ0n) is 19.3. The van der Waals surface area contributed by atoms with Crippen LogP contribution < -0.4 is 10.3 Å². The van der Waals surface area contributed by atoms with E-state index in [1.54, 1.807) is 42.5 Å². The Kier molecular flexibility index (Phi) is 7.85. The van der Waals surface area contributed by atoms with Gasteiger partial charge in [0.05, 0.1) is 22.3 Å². The molecule has 2 aromatic heterocycles. The van der Waals surface area contributed by atoms with Crippen molar-refractivity contribution in [3.63, 3.8) is 0 Å². The first-order chi connectivity index (χ1) is 17.0. The lowest BCUT2D eigenvalue weighted by molar-refractivity contribution is 0.160. The third kappa shape index (κ3) is 5.98. The van der Waals surface area contributed by atoms with Gasteiger partial charge in [-0.1, -0.05) is 55.2 Å². The number of benzene rings is 2. The molecule has 10 nitrogen and oxygen atoms in total. The Labute approximate surface area is 216 Å². The number of aromatic nitrogens is 4. The van der Waals surface area contributed by atoms with Crippen LogP contribution in [-0.2, 0) is 15.5 Å². The van der Waals surface area contributed by atoms with E-state index < -0.39 is 7.82 Å². The largest absolute Gasteiger partial charge is 0.491 e. The Balaban J connectivity index is 1.63. The number of nitrogens with one attached hydrogen (secondary N) is 1. The molecule has 36 heavy (non-hydrogen) atoms. The zero-order valence-corrected chi connectivity index (χ0v) is 21.7. The second-order valence-corrected chi connectivity index (χ2v) is 10.3. The molecule has 0 atom stereocenters. The molecule has 13 heteroatoms. The van der Waals surface area contributed by atoms with Gasteiger partial charge in [-0.3, -0.25) is 9.32 Å². The molecule has 0 radical (unpaired) electrons. The van der Waals surface area contributed by atoms with Crippen molar-refractivity contribution in [2.24, 2.45) is 0 Å². The average Bonchev–Trinajstić information content (AvgIpc) is 3.17. The highest BCUT2D eigenvalue weighted by Gasteiger charge is 2.22. The Morgan fingerprint density at radius 3 is 2.36 bits per heavy atom. The molecule has 190 valence electrons. The van der Waals surface area contributed by atoms with E-state index in [1.807, 2.05) is 13.8 Å². The standard InChI is InChI=1S/C23H23Cl2N4O6P/c1-13(2)20-19-22(29(28-20)21-16(24)4-3-5-17(21)25)26-18(27-23(19)30)12-14-6-8-15(9-7-14)34-10-11-35-36(31,32)33/h3-9,13H,10-12H2,1-2H3,(H,26,27,30)(H2,31,32,33). The number of hydrogen-bond donors (Lipinski definition) is 3. The van der Waals surface area contributed by atoms with Crippen molar-refractivity contribution in [3.8, 4) is 11.4 Å². The molecule has 2 heterocycles. The lowest BCUT2D eigenvalue weighted by atomic mass is 10.1. The van der Waals surface area contributed by atoms with Crippen LogP contribution in [0.3, 0.4) is 0 Å². The van der Waals surface area contributed by atoms with Crippen LogP contribution in [0.2, 0.25) is 10.0 Å². The molecule has 0 unspecified atom stereocenters. The van der Waals surface area contributed by atoms with Gasteiger partial charge in [-0.15, -0.1) is 0 Å². The fourth-order valence-electron chi connectivity index (χ4n) is 3.64. The summed E-state index contributed by atoms with van der Waals surface area (Å²) in [6.45, 7) is 3.60. The molecule has 3 N–H and O–H groups in total. The van der Waals surface area contributed by atoms with E-state index in [1.165, 1.54) is 4.68 Å². The summed E-state index contributed by atoms with van der Waals surface area (Å²) in [6.07, 6.45) is 0.325. The molecule has 4 aromatic rings. The van der Waals surface area contributed by atoms with Gasteiger partial charge in [0.25, 0.3) is 5.56 Å². The number of para-hydroxylation sites is 1. The molecule has 2 aromatic carbocycles. The fourth-order valence-corrected chi connectivity index (χ4v) is 4.51. The first-order valence-corrected chi connectivity index (χ1v) is 13.2. The smallest absolute Gasteiger partial charge is 0.469 e. The highest BCUT2D eigenvalue weighted by Crippen LogP contribution is 2.35. The Morgan fingerprint density at radius 1 is 1.08 bits per heavy atom. The van der Waals surface area contributed by atoms with E-state index in [0.717, 1.165) is 5.56 Å². The monoisotopic (exact) mass is 552 g/mol. The van der Waals surface area contributed by atoms with Gasteiger partial charge in [0, 0.05) is 6.42 Å². The Hall–Kier alpha value is -2.72. The summed E-state index contributed by atoms with van der Waals surface area (Å²) in [7, 11) is -4.53. The number of rotatable bonds is 9. The first-order valence-electron chi connectivity index (χ1n) is 10.9. The highest BCUT2D eigenvalue weighted by atomic mass is 35.5. The van der Waals surface area contributed by atoms with Crippen molar-refractivity contribution >= 4 is 42.1 Å². The minimum absolute atomic E-state index is 0.0250. The number of H-pyrrole nitrogens is 1. The summed E-state index contributed by atoms with van der Waals surface area (Å²) >= 11 is 12.9. The zero-order chi connectivity index (χ0) is 26.0. The number of phosphoric acid groups is 1. The summed E-state index contributed by atoms with van der Waals surface area (Å²) in [5.74, 6) is 0.886. The van der Waals surface area contributed by atoms with Crippen molar-refractivity contribution in [1.29, 1.82) is 0 Å². The summed E-state index contributed by atoms with van der Waals surface area (Å²) in [5.41, 5.74) is 1.94. The van der Waals surface area contributed by atoms with Crippen molar-refractivity contribution in [3.05, 3.63) is 79.9 Å². The summed E-state index contributed by atoms with van der Waals surface area (Å²) in [5, 5.41) is 5.79. The van der Waals surface area contributed by atoms with Crippen LogP contribution in [0.1, 0.15) is 36.8 Å². The van der Waals surface area contributed by atoms with E-state index in [2.05, 4.69) is 14.6 Å². The molecule has 0 aliphatic rings. The molecule has 0 amide bonds. The van der Waals surface area contributed by atoms with Crippen LogP contribution >= 0.6 is 31.0 Å².